The third kappa shape index (κ3) is 2.48. The van der Waals surface area contributed by atoms with Gasteiger partial charge in [0.05, 0.1) is 0 Å². The quantitative estimate of drug-likeness (QED) is 0.863. The number of halogens is 1. The Morgan fingerprint density at radius 1 is 1.15 bits per heavy atom. The van der Waals surface area contributed by atoms with E-state index in [1.165, 1.54) is 30.4 Å². The van der Waals surface area contributed by atoms with E-state index in [1.807, 2.05) is 25.2 Å². The molecule has 0 bridgehead atoms. The highest BCUT2D eigenvalue weighted by atomic mass is 19.1. The average Bonchev–Trinajstić information content (AvgIpc) is 2.40. The minimum Gasteiger partial charge on any atom is -0.316 e. The number of nitrogens with one attached hydrogen (secondary N) is 1. The first-order chi connectivity index (χ1) is 9.79. The van der Waals surface area contributed by atoms with Crippen LogP contribution in [0.4, 0.5) is 4.39 Å². The summed E-state index contributed by atoms with van der Waals surface area (Å²) in [6.45, 7) is 0.566. The topological polar surface area (TPSA) is 12.0 Å². The molecular formula is C18H20FN. The Bertz CT molecular complexity index is 602. The summed E-state index contributed by atoms with van der Waals surface area (Å²) >= 11 is 0. The van der Waals surface area contributed by atoms with E-state index in [-0.39, 0.29) is 5.82 Å². The molecule has 0 radical (unpaired) electrons. The largest absolute Gasteiger partial charge is 0.316 e. The van der Waals surface area contributed by atoms with Crippen LogP contribution in [0.25, 0.3) is 11.1 Å². The van der Waals surface area contributed by atoms with E-state index in [2.05, 4.69) is 23.5 Å². The first-order valence-electron chi connectivity index (χ1n) is 7.32. The van der Waals surface area contributed by atoms with Crippen molar-refractivity contribution in [3.8, 4) is 11.1 Å². The highest BCUT2D eigenvalue weighted by Crippen LogP contribution is 2.41. The smallest absolute Gasteiger partial charge is 0.128 e. The molecule has 0 saturated heterocycles. The Kier molecular flexibility index (Phi) is 3.83. The van der Waals surface area contributed by atoms with Crippen molar-refractivity contribution in [2.45, 2.75) is 31.7 Å². The Hall–Kier alpha value is -1.67. The summed E-state index contributed by atoms with van der Waals surface area (Å²) in [6, 6.07) is 14.0. The van der Waals surface area contributed by atoms with Crippen LogP contribution < -0.4 is 5.32 Å². The molecule has 1 aliphatic rings. The minimum absolute atomic E-state index is 0.125. The monoisotopic (exact) mass is 269 g/mol. The van der Waals surface area contributed by atoms with Crippen LogP contribution in [0.5, 0.6) is 0 Å². The molecule has 0 amide bonds. The van der Waals surface area contributed by atoms with Crippen molar-refractivity contribution in [2.75, 3.05) is 7.05 Å². The molecule has 0 unspecified atom stereocenters. The second-order valence-corrected chi connectivity index (χ2v) is 5.55. The number of benzene rings is 2. The van der Waals surface area contributed by atoms with Gasteiger partial charge in [-0.25, -0.2) is 4.39 Å². The van der Waals surface area contributed by atoms with Gasteiger partial charge in [0.25, 0.3) is 0 Å². The van der Waals surface area contributed by atoms with Crippen LogP contribution in [0.2, 0.25) is 0 Å². The molecule has 1 saturated carbocycles. The van der Waals surface area contributed by atoms with Crippen molar-refractivity contribution in [1.82, 2.24) is 5.32 Å². The lowest BCUT2D eigenvalue weighted by Gasteiger charge is -2.28. The van der Waals surface area contributed by atoms with Crippen molar-refractivity contribution in [3.05, 3.63) is 59.4 Å². The zero-order valence-electron chi connectivity index (χ0n) is 11.8. The summed E-state index contributed by atoms with van der Waals surface area (Å²) < 4.78 is 14.1. The van der Waals surface area contributed by atoms with Crippen LogP contribution in [0.3, 0.4) is 0 Å². The van der Waals surface area contributed by atoms with Gasteiger partial charge in [-0.2, -0.15) is 0 Å². The molecule has 1 nitrogen and oxygen atoms in total. The number of hydrogen-bond donors (Lipinski definition) is 1. The Labute approximate surface area is 119 Å². The second-order valence-electron chi connectivity index (χ2n) is 5.55. The van der Waals surface area contributed by atoms with Gasteiger partial charge in [-0.1, -0.05) is 42.8 Å². The summed E-state index contributed by atoms with van der Waals surface area (Å²) in [4.78, 5) is 0. The maximum absolute atomic E-state index is 14.1. The lowest BCUT2D eigenvalue weighted by atomic mass is 9.77. The third-order valence-electron chi connectivity index (χ3n) is 4.24. The molecule has 2 aromatic rings. The predicted octanol–water partition coefficient (Wildman–Crippen LogP) is 4.48. The van der Waals surface area contributed by atoms with Gasteiger partial charge in [-0.15, -0.1) is 0 Å². The average molecular weight is 269 g/mol. The van der Waals surface area contributed by atoms with Crippen LogP contribution in [-0.4, -0.2) is 7.05 Å². The molecule has 1 aliphatic carbocycles. The molecule has 0 atom stereocenters. The fourth-order valence-corrected chi connectivity index (χ4v) is 2.88. The molecule has 2 aromatic carbocycles. The minimum atomic E-state index is -0.125. The fraction of sp³-hybridized carbons (Fsp3) is 0.333. The number of hydrogen-bond acceptors (Lipinski definition) is 1. The van der Waals surface area contributed by atoms with Gasteiger partial charge >= 0.3 is 0 Å². The van der Waals surface area contributed by atoms with E-state index in [0.717, 1.165) is 11.1 Å². The molecule has 0 spiro atoms. The normalized spacial score (nSPS) is 15.1. The van der Waals surface area contributed by atoms with Crippen LogP contribution in [-0.2, 0) is 6.54 Å². The van der Waals surface area contributed by atoms with Gasteiger partial charge < -0.3 is 5.32 Å². The Morgan fingerprint density at radius 2 is 1.95 bits per heavy atom. The summed E-state index contributed by atoms with van der Waals surface area (Å²) in [5.74, 6) is 0.534. The van der Waals surface area contributed by atoms with Crippen LogP contribution in [0.1, 0.15) is 36.3 Å². The highest BCUT2D eigenvalue weighted by molar-refractivity contribution is 5.68. The van der Waals surface area contributed by atoms with Crippen molar-refractivity contribution in [3.63, 3.8) is 0 Å². The molecule has 3 rings (SSSR count). The molecule has 1 fully saturated rings. The third-order valence-corrected chi connectivity index (χ3v) is 4.24. The van der Waals surface area contributed by atoms with Gasteiger partial charge in [-0.3, -0.25) is 0 Å². The van der Waals surface area contributed by atoms with E-state index in [1.54, 1.807) is 6.07 Å². The van der Waals surface area contributed by atoms with Gasteiger partial charge in [0.1, 0.15) is 5.82 Å². The molecular weight excluding hydrogens is 249 g/mol. The lowest BCUT2D eigenvalue weighted by Crippen LogP contribution is -2.10. The van der Waals surface area contributed by atoms with Crippen molar-refractivity contribution >= 4 is 0 Å². The predicted molar refractivity (Wildman–Crippen MR) is 81.2 cm³/mol. The molecule has 2 heteroatoms. The summed E-state index contributed by atoms with van der Waals surface area (Å²) in [5.41, 5.74) is 4.27. The molecule has 1 N–H and O–H groups in total. The fourth-order valence-electron chi connectivity index (χ4n) is 2.88. The first-order valence-corrected chi connectivity index (χ1v) is 7.32. The second kappa shape index (κ2) is 5.76. The van der Waals surface area contributed by atoms with Crippen molar-refractivity contribution < 1.29 is 4.39 Å². The zero-order chi connectivity index (χ0) is 13.9. The number of rotatable bonds is 4. The highest BCUT2D eigenvalue weighted by Gasteiger charge is 2.22. The van der Waals surface area contributed by atoms with Gasteiger partial charge in [0.15, 0.2) is 0 Å². The van der Waals surface area contributed by atoms with E-state index in [0.29, 0.717) is 12.5 Å². The SMILES string of the molecule is CNCc1ccc(-c2ccccc2C2CCC2)cc1F. The van der Waals surface area contributed by atoms with E-state index in [9.17, 15) is 4.39 Å². The molecule has 0 aliphatic heterocycles. The van der Waals surface area contributed by atoms with E-state index in [4.69, 9.17) is 0 Å². The maximum Gasteiger partial charge on any atom is 0.128 e. The van der Waals surface area contributed by atoms with Crippen molar-refractivity contribution in [1.29, 1.82) is 0 Å². The van der Waals surface area contributed by atoms with Gasteiger partial charge in [-0.05, 0) is 48.6 Å². The van der Waals surface area contributed by atoms with Crippen molar-refractivity contribution in [2.24, 2.45) is 0 Å². The lowest BCUT2D eigenvalue weighted by molar-refractivity contribution is 0.420. The molecule has 0 heterocycles. The zero-order valence-corrected chi connectivity index (χ0v) is 11.8. The molecule has 20 heavy (non-hydrogen) atoms. The Morgan fingerprint density at radius 3 is 2.60 bits per heavy atom. The Balaban J connectivity index is 1.98. The maximum atomic E-state index is 14.1. The van der Waals surface area contributed by atoms with Crippen LogP contribution in [0, 0.1) is 5.82 Å². The first kappa shape index (κ1) is 13.3. The summed E-state index contributed by atoms with van der Waals surface area (Å²) in [6.07, 6.45) is 3.84. The van der Waals surface area contributed by atoms with Crippen LogP contribution in [0.15, 0.2) is 42.5 Å². The van der Waals surface area contributed by atoms with Gasteiger partial charge in [0, 0.05) is 12.1 Å². The molecule has 0 aromatic heterocycles. The van der Waals surface area contributed by atoms with E-state index < -0.39 is 0 Å². The van der Waals surface area contributed by atoms with Gasteiger partial charge in [0.2, 0.25) is 0 Å². The standard InChI is InChI=1S/C18H20FN/c1-20-12-15-10-9-14(11-18(15)19)17-8-3-2-7-16(17)13-5-4-6-13/h2-3,7-11,13,20H,4-6,12H2,1H3. The van der Waals surface area contributed by atoms with Crippen LogP contribution >= 0.6 is 0 Å². The summed E-state index contributed by atoms with van der Waals surface area (Å²) in [5, 5.41) is 2.99. The van der Waals surface area contributed by atoms with E-state index >= 15 is 0 Å². The summed E-state index contributed by atoms with van der Waals surface area (Å²) in [7, 11) is 1.83. The molecule has 104 valence electrons.